The van der Waals surface area contributed by atoms with E-state index in [0.717, 1.165) is 25.7 Å². The van der Waals surface area contributed by atoms with Crippen molar-refractivity contribution in [3.8, 4) is 17.2 Å². The minimum Gasteiger partial charge on any atom is -0.493 e. The summed E-state index contributed by atoms with van der Waals surface area (Å²) in [5.74, 6) is 1.79. The maximum Gasteiger partial charge on any atom is 0.204 e. The number of carbonyl (C=O) groups is 1. The number of carbonyl (C=O) groups excluding carboxylic acids is 1. The lowest BCUT2D eigenvalue weighted by Crippen LogP contribution is -2.18. The van der Waals surface area contributed by atoms with E-state index in [1.54, 1.807) is 33.5 Å². The van der Waals surface area contributed by atoms with Gasteiger partial charge in [0.2, 0.25) is 5.75 Å². The standard InChI is InChI=1S/C16H22O4/c1-18-13-10-9-12(15(19-2)16(13)20-3)14(17)11-7-5-4-6-8-11/h9-11H,4-8H2,1-3H3. The molecule has 20 heavy (non-hydrogen) atoms. The average Bonchev–Trinajstić information content (AvgIpc) is 2.53. The molecule has 1 aromatic rings. The molecule has 0 unspecified atom stereocenters. The second kappa shape index (κ2) is 6.64. The summed E-state index contributed by atoms with van der Waals surface area (Å²) in [6, 6.07) is 3.54. The van der Waals surface area contributed by atoms with Crippen molar-refractivity contribution in [2.75, 3.05) is 21.3 Å². The first kappa shape index (κ1) is 14.7. The van der Waals surface area contributed by atoms with Gasteiger partial charge < -0.3 is 14.2 Å². The van der Waals surface area contributed by atoms with Gasteiger partial charge in [0, 0.05) is 5.92 Å². The highest BCUT2D eigenvalue weighted by Gasteiger charge is 2.27. The molecular weight excluding hydrogens is 256 g/mol. The molecule has 0 aliphatic heterocycles. The van der Waals surface area contributed by atoms with Crippen molar-refractivity contribution in [1.82, 2.24) is 0 Å². The van der Waals surface area contributed by atoms with Crippen LogP contribution in [0.15, 0.2) is 12.1 Å². The average molecular weight is 278 g/mol. The Morgan fingerprint density at radius 1 is 0.950 bits per heavy atom. The molecule has 0 bridgehead atoms. The number of ether oxygens (including phenoxy) is 3. The topological polar surface area (TPSA) is 44.8 Å². The van der Waals surface area contributed by atoms with E-state index in [9.17, 15) is 4.79 Å². The number of Topliss-reactive ketones (excluding diaryl/α,β-unsaturated/α-hetero) is 1. The smallest absolute Gasteiger partial charge is 0.204 e. The summed E-state index contributed by atoms with van der Waals surface area (Å²) >= 11 is 0. The highest BCUT2D eigenvalue weighted by molar-refractivity contribution is 6.01. The van der Waals surface area contributed by atoms with Gasteiger partial charge in [-0.1, -0.05) is 19.3 Å². The molecule has 0 aromatic heterocycles. The Hall–Kier alpha value is -1.71. The first-order chi connectivity index (χ1) is 9.72. The number of hydrogen-bond acceptors (Lipinski definition) is 4. The fraction of sp³-hybridized carbons (Fsp3) is 0.562. The largest absolute Gasteiger partial charge is 0.493 e. The summed E-state index contributed by atoms with van der Waals surface area (Å²) in [6.07, 6.45) is 5.43. The van der Waals surface area contributed by atoms with Gasteiger partial charge in [-0.25, -0.2) is 0 Å². The lowest BCUT2D eigenvalue weighted by atomic mass is 9.83. The quantitative estimate of drug-likeness (QED) is 0.774. The van der Waals surface area contributed by atoms with Crippen molar-refractivity contribution in [3.63, 3.8) is 0 Å². The summed E-state index contributed by atoms with van der Waals surface area (Å²) in [5, 5.41) is 0. The first-order valence-electron chi connectivity index (χ1n) is 7.06. The SMILES string of the molecule is COc1ccc(C(=O)C2CCCCC2)c(OC)c1OC. The molecule has 4 nitrogen and oxygen atoms in total. The predicted molar refractivity (Wildman–Crippen MR) is 77.0 cm³/mol. The van der Waals surface area contributed by atoms with Crippen molar-refractivity contribution in [1.29, 1.82) is 0 Å². The van der Waals surface area contributed by atoms with Gasteiger partial charge in [0.15, 0.2) is 17.3 Å². The number of methoxy groups -OCH3 is 3. The third kappa shape index (κ3) is 2.74. The third-order valence-electron chi connectivity index (χ3n) is 3.95. The van der Waals surface area contributed by atoms with E-state index < -0.39 is 0 Å². The second-order valence-electron chi connectivity index (χ2n) is 5.08. The Labute approximate surface area is 120 Å². The molecular formula is C16H22O4. The highest BCUT2D eigenvalue weighted by Crippen LogP contribution is 2.41. The van der Waals surface area contributed by atoms with Crippen LogP contribution in [0.2, 0.25) is 0 Å². The van der Waals surface area contributed by atoms with E-state index in [4.69, 9.17) is 14.2 Å². The van der Waals surface area contributed by atoms with E-state index in [1.807, 2.05) is 0 Å². The van der Waals surface area contributed by atoms with Crippen molar-refractivity contribution >= 4 is 5.78 Å². The normalized spacial score (nSPS) is 15.8. The molecule has 4 heteroatoms. The van der Waals surface area contributed by atoms with Gasteiger partial charge in [-0.2, -0.15) is 0 Å². The number of ketones is 1. The maximum absolute atomic E-state index is 12.7. The van der Waals surface area contributed by atoms with Crippen LogP contribution in [0.25, 0.3) is 0 Å². The zero-order valence-corrected chi connectivity index (χ0v) is 12.4. The maximum atomic E-state index is 12.7. The Balaban J connectivity index is 2.37. The summed E-state index contributed by atoms with van der Waals surface area (Å²) in [7, 11) is 4.67. The van der Waals surface area contributed by atoms with Gasteiger partial charge in [0.05, 0.1) is 26.9 Å². The monoisotopic (exact) mass is 278 g/mol. The van der Waals surface area contributed by atoms with Crippen LogP contribution in [0.4, 0.5) is 0 Å². The third-order valence-corrected chi connectivity index (χ3v) is 3.95. The Bertz CT molecular complexity index is 476. The van der Waals surface area contributed by atoms with Crippen LogP contribution < -0.4 is 14.2 Å². The molecule has 0 atom stereocenters. The van der Waals surface area contributed by atoms with E-state index in [-0.39, 0.29) is 11.7 Å². The molecule has 1 aliphatic carbocycles. The fourth-order valence-electron chi connectivity index (χ4n) is 2.88. The zero-order chi connectivity index (χ0) is 14.5. The fourth-order valence-corrected chi connectivity index (χ4v) is 2.88. The molecule has 110 valence electrons. The van der Waals surface area contributed by atoms with Crippen LogP contribution in [0, 0.1) is 5.92 Å². The Morgan fingerprint density at radius 2 is 1.60 bits per heavy atom. The van der Waals surface area contributed by atoms with Gasteiger partial charge in [-0.05, 0) is 25.0 Å². The van der Waals surface area contributed by atoms with E-state index in [1.165, 1.54) is 6.42 Å². The van der Waals surface area contributed by atoms with E-state index in [2.05, 4.69) is 0 Å². The molecule has 0 amide bonds. The van der Waals surface area contributed by atoms with Crippen LogP contribution in [0.5, 0.6) is 17.2 Å². The van der Waals surface area contributed by atoms with Crippen LogP contribution in [0.1, 0.15) is 42.5 Å². The second-order valence-corrected chi connectivity index (χ2v) is 5.08. The van der Waals surface area contributed by atoms with Gasteiger partial charge in [0.25, 0.3) is 0 Å². The van der Waals surface area contributed by atoms with Crippen molar-refractivity contribution in [2.24, 2.45) is 5.92 Å². The minimum atomic E-state index is 0.107. The van der Waals surface area contributed by atoms with Crippen LogP contribution in [-0.4, -0.2) is 27.1 Å². The lowest BCUT2D eigenvalue weighted by molar-refractivity contribution is 0.0885. The minimum absolute atomic E-state index is 0.107. The summed E-state index contributed by atoms with van der Waals surface area (Å²) in [5.41, 5.74) is 0.594. The predicted octanol–water partition coefficient (Wildman–Crippen LogP) is 3.48. The molecule has 0 saturated heterocycles. The summed E-state index contributed by atoms with van der Waals surface area (Å²) in [4.78, 5) is 12.7. The molecule has 0 heterocycles. The Kier molecular flexibility index (Phi) is 4.88. The molecule has 1 fully saturated rings. The van der Waals surface area contributed by atoms with Crippen molar-refractivity contribution in [3.05, 3.63) is 17.7 Å². The van der Waals surface area contributed by atoms with Crippen LogP contribution in [-0.2, 0) is 0 Å². The molecule has 1 aromatic carbocycles. The highest BCUT2D eigenvalue weighted by atomic mass is 16.5. The van der Waals surface area contributed by atoms with Gasteiger partial charge in [0.1, 0.15) is 0 Å². The number of rotatable bonds is 5. The molecule has 0 N–H and O–H groups in total. The molecule has 0 radical (unpaired) electrons. The van der Waals surface area contributed by atoms with Gasteiger partial charge >= 0.3 is 0 Å². The van der Waals surface area contributed by atoms with Crippen LogP contribution >= 0.6 is 0 Å². The molecule has 0 spiro atoms. The van der Waals surface area contributed by atoms with Crippen molar-refractivity contribution in [2.45, 2.75) is 32.1 Å². The van der Waals surface area contributed by atoms with E-state index >= 15 is 0 Å². The van der Waals surface area contributed by atoms with Crippen molar-refractivity contribution < 1.29 is 19.0 Å². The summed E-state index contributed by atoms with van der Waals surface area (Å²) in [6.45, 7) is 0. The van der Waals surface area contributed by atoms with Gasteiger partial charge in [-0.15, -0.1) is 0 Å². The molecule has 1 saturated carbocycles. The number of hydrogen-bond donors (Lipinski definition) is 0. The lowest BCUT2D eigenvalue weighted by Gasteiger charge is -2.22. The van der Waals surface area contributed by atoms with Gasteiger partial charge in [-0.3, -0.25) is 4.79 Å². The Morgan fingerprint density at radius 3 is 2.15 bits per heavy atom. The van der Waals surface area contributed by atoms with E-state index in [0.29, 0.717) is 22.8 Å². The molecule has 2 rings (SSSR count). The zero-order valence-electron chi connectivity index (χ0n) is 12.4. The molecule has 1 aliphatic rings. The van der Waals surface area contributed by atoms with Crippen LogP contribution in [0.3, 0.4) is 0 Å². The summed E-state index contributed by atoms with van der Waals surface area (Å²) < 4.78 is 16.0. The first-order valence-corrected chi connectivity index (χ1v) is 7.06. The number of benzene rings is 1.